The van der Waals surface area contributed by atoms with Gasteiger partial charge in [-0.05, 0) is 94.6 Å². The van der Waals surface area contributed by atoms with Gasteiger partial charge in [0.05, 0.1) is 36.0 Å². The molecule has 0 aliphatic carbocycles. The minimum atomic E-state index is -4.70. The van der Waals surface area contributed by atoms with Gasteiger partial charge in [-0.3, -0.25) is 9.10 Å². The maximum atomic E-state index is 14.0. The molecule has 1 saturated heterocycles. The molecule has 0 radical (unpaired) electrons. The summed E-state index contributed by atoms with van der Waals surface area (Å²) < 4.78 is 73.0. The molecule has 0 spiro atoms. The molecule has 0 saturated carbocycles. The van der Waals surface area contributed by atoms with Crippen molar-refractivity contribution in [2.24, 2.45) is 0 Å². The molecule has 1 aliphatic rings. The van der Waals surface area contributed by atoms with Crippen LogP contribution in [0.3, 0.4) is 0 Å². The summed E-state index contributed by atoms with van der Waals surface area (Å²) in [6.07, 6.45) is -1.24. The molecular weight excluding hydrogens is 609 g/mol. The van der Waals surface area contributed by atoms with Crippen LogP contribution in [0.1, 0.15) is 51.1 Å². The molecule has 1 amide bonds. The fraction of sp³-hybridized carbons (Fsp3) is 0.452. The molecule has 14 heteroatoms. The van der Waals surface area contributed by atoms with Gasteiger partial charge in [0.15, 0.2) is 0 Å². The number of nitrogens with one attached hydrogen (secondary N) is 2. The zero-order valence-corrected chi connectivity index (χ0v) is 27.1. The molecule has 45 heavy (non-hydrogen) atoms. The second-order valence-electron chi connectivity index (χ2n) is 11.5. The van der Waals surface area contributed by atoms with Crippen molar-refractivity contribution in [3.63, 3.8) is 0 Å². The number of amides is 1. The van der Waals surface area contributed by atoms with Crippen LogP contribution in [0, 0.1) is 13.8 Å². The third kappa shape index (κ3) is 8.42. The Morgan fingerprint density at radius 3 is 2.44 bits per heavy atom. The Labute approximate surface area is 262 Å². The molecule has 1 aliphatic heterocycles. The number of methoxy groups -OCH3 is 1. The van der Waals surface area contributed by atoms with Crippen LogP contribution >= 0.6 is 0 Å². The Morgan fingerprint density at radius 1 is 1.13 bits per heavy atom. The van der Waals surface area contributed by atoms with Gasteiger partial charge in [-0.25, -0.2) is 18.4 Å². The first-order valence-corrected chi connectivity index (χ1v) is 16.3. The van der Waals surface area contributed by atoms with Crippen molar-refractivity contribution in [1.29, 1.82) is 0 Å². The van der Waals surface area contributed by atoms with Crippen LogP contribution in [-0.4, -0.2) is 75.8 Å². The molecule has 10 nitrogen and oxygen atoms in total. The van der Waals surface area contributed by atoms with E-state index in [-0.39, 0.29) is 36.4 Å². The fourth-order valence-corrected chi connectivity index (χ4v) is 5.78. The van der Waals surface area contributed by atoms with E-state index in [2.05, 4.69) is 25.5 Å². The Hall–Kier alpha value is -3.91. The standard InChI is InChI=1S/C31H39F3N6O4S/c1-19-7-8-21(27(15-19)40(4)45(6,42)43)9-10-25-24(31(32,33)34)18-35-30(37-25)38-26-16-20(2)23(17-28(26)44-5)29(41)36-22-11-13-39(3)14-12-22/h7-8,15-18,22H,9-14H2,1-6H3,(H,36,41)(H,35,37,38). The molecule has 1 aromatic heterocycles. The summed E-state index contributed by atoms with van der Waals surface area (Å²) in [7, 11) is 1.28. The minimum Gasteiger partial charge on any atom is -0.495 e. The average molecular weight is 649 g/mol. The topological polar surface area (TPSA) is 117 Å². The quantitative estimate of drug-likeness (QED) is 0.320. The van der Waals surface area contributed by atoms with Crippen molar-refractivity contribution in [3.8, 4) is 5.75 Å². The number of anilines is 3. The van der Waals surface area contributed by atoms with Crippen molar-refractivity contribution < 1.29 is 31.1 Å². The van der Waals surface area contributed by atoms with Gasteiger partial charge in [-0.1, -0.05) is 12.1 Å². The van der Waals surface area contributed by atoms with Gasteiger partial charge in [-0.15, -0.1) is 0 Å². The number of aromatic nitrogens is 2. The summed E-state index contributed by atoms with van der Waals surface area (Å²) >= 11 is 0. The van der Waals surface area contributed by atoms with Crippen LogP contribution in [0.25, 0.3) is 0 Å². The lowest BCUT2D eigenvalue weighted by Crippen LogP contribution is -2.43. The Bertz CT molecular complexity index is 1660. The SMILES string of the molecule is COc1cc(C(=O)NC2CCN(C)CC2)c(C)cc1Nc1ncc(C(F)(F)F)c(CCc2ccc(C)cc2N(C)S(C)(=O)=O)n1. The molecule has 244 valence electrons. The van der Waals surface area contributed by atoms with Crippen LogP contribution in [0.2, 0.25) is 0 Å². The normalized spacial score (nSPS) is 14.7. The summed E-state index contributed by atoms with van der Waals surface area (Å²) in [5.41, 5.74) is 1.96. The number of nitrogens with zero attached hydrogens (tertiary/aromatic N) is 4. The predicted molar refractivity (Wildman–Crippen MR) is 168 cm³/mol. The second kappa shape index (κ2) is 13.6. The Balaban J connectivity index is 1.60. The number of piperidine rings is 1. The van der Waals surface area contributed by atoms with Crippen molar-refractivity contribution in [2.75, 3.05) is 50.2 Å². The van der Waals surface area contributed by atoms with Crippen molar-refractivity contribution >= 4 is 33.3 Å². The first-order valence-electron chi connectivity index (χ1n) is 14.5. The van der Waals surface area contributed by atoms with Crippen LogP contribution in [-0.2, 0) is 29.0 Å². The molecule has 0 unspecified atom stereocenters. The molecule has 2 N–H and O–H groups in total. The zero-order valence-electron chi connectivity index (χ0n) is 26.2. The Morgan fingerprint density at radius 2 is 1.82 bits per heavy atom. The maximum absolute atomic E-state index is 14.0. The molecule has 0 atom stereocenters. The number of hydrogen-bond acceptors (Lipinski definition) is 8. The van der Waals surface area contributed by atoms with Gasteiger partial charge in [0.25, 0.3) is 5.91 Å². The van der Waals surface area contributed by atoms with Gasteiger partial charge >= 0.3 is 6.18 Å². The average Bonchev–Trinajstić information content (AvgIpc) is 2.96. The van der Waals surface area contributed by atoms with E-state index in [1.165, 1.54) is 14.2 Å². The minimum absolute atomic E-state index is 0.0682. The number of sulfonamides is 1. The van der Waals surface area contributed by atoms with Crippen molar-refractivity contribution in [1.82, 2.24) is 20.2 Å². The van der Waals surface area contributed by atoms with E-state index in [1.807, 2.05) is 7.05 Å². The number of likely N-dealkylation sites (tertiary alicyclic amines) is 1. The number of ether oxygens (including phenoxy) is 1. The maximum Gasteiger partial charge on any atom is 0.419 e. The molecule has 2 heterocycles. The van der Waals surface area contributed by atoms with Gasteiger partial charge in [0.2, 0.25) is 16.0 Å². The number of halogens is 3. The molecular formula is C31H39F3N6O4S. The first-order chi connectivity index (χ1) is 21.1. The second-order valence-corrected chi connectivity index (χ2v) is 13.5. The van der Waals surface area contributed by atoms with Crippen LogP contribution in [0.15, 0.2) is 36.5 Å². The highest BCUT2D eigenvalue weighted by Gasteiger charge is 2.35. The highest BCUT2D eigenvalue weighted by atomic mass is 32.2. The van der Waals surface area contributed by atoms with Crippen molar-refractivity contribution in [2.45, 2.75) is 51.7 Å². The van der Waals surface area contributed by atoms with E-state index in [4.69, 9.17) is 4.74 Å². The van der Waals surface area contributed by atoms with E-state index >= 15 is 0 Å². The predicted octanol–water partition coefficient (Wildman–Crippen LogP) is 4.87. The van der Waals surface area contributed by atoms with E-state index in [1.54, 1.807) is 44.2 Å². The molecule has 4 rings (SSSR count). The molecule has 0 bridgehead atoms. The number of alkyl halides is 3. The molecule has 1 fully saturated rings. The van der Waals surface area contributed by atoms with E-state index in [0.717, 1.165) is 48.3 Å². The number of carbonyl (C=O) groups excluding carboxylic acids is 1. The van der Waals surface area contributed by atoms with Gasteiger partial charge < -0.3 is 20.3 Å². The number of carbonyl (C=O) groups is 1. The first kappa shape index (κ1) is 34.0. The third-order valence-electron chi connectivity index (χ3n) is 7.97. The lowest BCUT2D eigenvalue weighted by atomic mass is 10.0. The van der Waals surface area contributed by atoms with Gasteiger partial charge in [0.1, 0.15) is 5.75 Å². The van der Waals surface area contributed by atoms with Crippen LogP contribution in [0.4, 0.5) is 30.5 Å². The van der Waals surface area contributed by atoms with E-state index in [9.17, 15) is 26.4 Å². The number of rotatable bonds is 10. The monoisotopic (exact) mass is 648 g/mol. The number of hydrogen-bond donors (Lipinski definition) is 2. The van der Waals surface area contributed by atoms with Crippen molar-refractivity contribution in [3.05, 3.63) is 70.0 Å². The highest BCUT2D eigenvalue weighted by molar-refractivity contribution is 7.92. The lowest BCUT2D eigenvalue weighted by Gasteiger charge is -2.29. The van der Waals surface area contributed by atoms with Gasteiger partial charge in [-0.2, -0.15) is 13.2 Å². The van der Waals surface area contributed by atoms with Crippen LogP contribution < -0.4 is 19.7 Å². The highest BCUT2D eigenvalue weighted by Crippen LogP contribution is 2.35. The number of benzene rings is 2. The van der Waals surface area contributed by atoms with E-state index < -0.39 is 21.8 Å². The van der Waals surface area contributed by atoms with E-state index in [0.29, 0.717) is 33.8 Å². The smallest absolute Gasteiger partial charge is 0.419 e. The Kier molecular flexibility index (Phi) is 10.3. The fourth-order valence-electron chi connectivity index (χ4n) is 5.25. The van der Waals surface area contributed by atoms with Gasteiger partial charge in [0, 0.05) is 24.8 Å². The molecule has 2 aromatic carbocycles. The van der Waals surface area contributed by atoms with Crippen LogP contribution in [0.5, 0.6) is 5.75 Å². The zero-order chi connectivity index (χ0) is 33.1. The summed E-state index contributed by atoms with van der Waals surface area (Å²) in [5.74, 6) is -0.0131. The molecule has 3 aromatic rings. The lowest BCUT2D eigenvalue weighted by molar-refractivity contribution is -0.138. The summed E-state index contributed by atoms with van der Waals surface area (Å²) in [6.45, 7) is 5.36. The summed E-state index contributed by atoms with van der Waals surface area (Å²) in [4.78, 5) is 23.4. The summed E-state index contributed by atoms with van der Waals surface area (Å²) in [6, 6.07) is 8.49. The number of aryl methyl sites for hydroxylation is 4. The summed E-state index contributed by atoms with van der Waals surface area (Å²) in [5, 5.41) is 6.04. The third-order valence-corrected chi connectivity index (χ3v) is 9.16. The largest absolute Gasteiger partial charge is 0.495 e.